The molecule has 2 aliphatic heterocycles. The lowest BCUT2D eigenvalue weighted by molar-refractivity contribution is -0.123. The van der Waals surface area contributed by atoms with Gasteiger partial charge in [-0.05, 0) is 0 Å². The molecule has 2 rings (SSSR count). The van der Waals surface area contributed by atoms with E-state index in [9.17, 15) is 4.79 Å². The Morgan fingerprint density at radius 2 is 2.50 bits per heavy atom. The maximum Gasteiger partial charge on any atom is 0.254 e. The Kier molecular flexibility index (Phi) is 0.943. The van der Waals surface area contributed by atoms with Gasteiger partial charge in [0.1, 0.15) is 6.54 Å². The summed E-state index contributed by atoms with van der Waals surface area (Å²) >= 11 is 0. The van der Waals surface area contributed by atoms with E-state index < -0.39 is 0 Å². The second kappa shape index (κ2) is 1.76. The van der Waals surface area contributed by atoms with E-state index in [-0.39, 0.29) is 12.5 Å². The fourth-order valence-electron chi connectivity index (χ4n) is 0.906. The first-order chi connectivity index (χ1) is 4.88. The van der Waals surface area contributed by atoms with E-state index in [0.29, 0.717) is 5.84 Å². The molecule has 0 aliphatic carbocycles. The van der Waals surface area contributed by atoms with Gasteiger partial charge in [0.25, 0.3) is 5.91 Å². The Morgan fingerprint density at radius 1 is 1.60 bits per heavy atom. The zero-order valence-corrected chi connectivity index (χ0v) is 5.19. The van der Waals surface area contributed by atoms with Crippen LogP contribution in [0.1, 0.15) is 0 Å². The van der Waals surface area contributed by atoms with Gasteiger partial charge in [-0.2, -0.15) is 0 Å². The Morgan fingerprint density at radius 3 is 3.30 bits per heavy atom. The lowest BCUT2D eigenvalue weighted by Crippen LogP contribution is -2.29. The average Bonchev–Trinajstić information content (AvgIpc) is 2.34. The van der Waals surface area contributed by atoms with Gasteiger partial charge in [-0.3, -0.25) is 19.7 Å². The van der Waals surface area contributed by atoms with Crippen molar-refractivity contribution in [3.8, 4) is 0 Å². The van der Waals surface area contributed by atoms with E-state index in [0.717, 1.165) is 0 Å². The van der Waals surface area contributed by atoms with Crippen molar-refractivity contribution in [1.82, 2.24) is 4.90 Å². The van der Waals surface area contributed by atoms with Crippen molar-refractivity contribution in [1.29, 1.82) is 0 Å². The summed E-state index contributed by atoms with van der Waals surface area (Å²) in [4.78, 5) is 20.2. The van der Waals surface area contributed by atoms with Crippen LogP contribution in [0.15, 0.2) is 22.4 Å². The summed E-state index contributed by atoms with van der Waals surface area (Å²) in [5.41, 5.74) is 0. The minimum absolute atomic E-state index is 0.0115. The number of hydrogen-bond donors (Lipinski definition) is 0. The zero-order valence-electron chi connectivity index (χ0n) is 5.19. The smallest absolute Gasteiger partial charge is 0.254 e. The maximum atomic E-state index is 10.9. The molecule has 0 saturated carbocycles. The summed E-state index contributed by atoms with van der Waals surface area (Å²) < 4.78 is 0. The number of amides is 1. The van der Waals surface area contributed by atoms with Crippen molar-refractivity contribution in [2.75, 3.05) is 6.54 Å². The first kappa shape index (κ1) is 5.34. The lowest BCUT2D eigenvalue weighted by atomic mass is 10.5. The molecule has 50 valence electrons. The van der Waals surface area contributed by atoms with Crippen LogP contribution in [0.3, 0.4) is 0 Å². The second-order valence-electron chi connectivity index (χ2n) is 2.01. The zero-order chi connectivity index (χ0) is 6.97. The van der Waals surface area contributed by atoms with Gasteiger partial charge in [0.05, 0.1) is 6.21 Å². The molecule has 0 spiro atoms. The van der Waals surface area contributed by atoms with Crippen molar-refractivity contribution >= 4 is 18.0 Å². The third-order valence-corrected chi connectivity index (χ3v) is 1.38. The van der Waals surface area contributed by atoms with Crippen LogP contribution in [0.2, 0.25) is 0 Å². The highest BCUT2D eigenvalue weighted by Gasteiger charge is 2.22. The predicted octanol–water partition coefficient (Wildman–Crippen LogP) is -0.217. The van der Waals surface area contributed by atoms with E-state index in [1.807, 2.05) is 0 Å². The summed E-state index contributed by atoms with van der Waals surface area (Å²) in [6, 6.07) is 0. The summed E-state index contributed by atoms with van der Waals surface area (Å²) in [6.45, 7) is 0.256. The third-order valence-electron chi connectivity index (χ3n) is 1.38. The molecule has 10 heavy (non-hydrogen) atoms. The number of aliphatic imine (C=N–C) groups is 2. The van der Waals surface area contributed by atoms with Crippen LogP contribution in [0.25, 0.3) is 0 Å². The highest BCUT2D eigenvalue weighted by atomic mass is 16.2. The number of fused-ring (bicyclic) bond motifs is 1. The van der Waals surface area contributed by atoms with Crippen molar-refractivity contribution in [3.05, 3.63) is 12.4 Å². The van der Waals surface area contributed by atoms with E-state index >= 15 is 0 Å². The van der Waals surface area contributed by atoms with Gasteiger partial charge in [0.2, 0.25) is 0 Å². The largest absolute Gasteiger partial charge is 0.272 e. The van der Waals surface area contributed by atoms with Crippen molar-refractivity contribution in [3.63, 3.8) is 0 Å². The molecule has 0 aromatic rings. The molecule has 4 nitrogen and oxygen atoms in total. The SMILES string of the molecule is O=C1CN=C2C=NC=CN12. The summed E-state index contributed by atoms with van der Waals surface area (Å²) in [5, 5.41) is 0. The highest BCUT2D eigenvalue weighted by Crippen LogP contribution is 2.05. The molecule has 4 heteroatoms. The minimum atomic E-state index is 0.0115. The van der Waals surface area contributed by atoms with Gasteiger partial charge in [0, 0.05) is 12.4 Å². The molecule has 0 saturated heterocycles. The number of hydrogen-bond acceptors (Lipinski definition) is 3. The molecule has 0 bridgehead atoms. The quantitative estimate of drug-likeness (QED) is 0.453. The van der Waals surface area contributed by atoms with Gasteiger partial charge >= 0.3 is 0 Å². The molecule has 0 radical (unpaired) electrons. The minimum Gasteiger partial charge on any atom is -0.272 e. The van der Waals surface area contributed by atoms with Gasteiger partial charge in [-0.1, -0.05) is 0 Å². The van der Waals surface area contributed by atoms with Crippen LogP contribution >= 0.6 is 0 Å². The average molecular weight is 135 g/mol. The fraction of sp³-hybridized carbons (Fsp3) is 0.167. The molecule has 0 aromatic carbocycles. The van der Waals surface area contributed by atoms with Gasteiger partial charge in [-0.25, -0.2) is 0 Å². The molecule has 0 fully saturated rings. The normalized spacial score (nSPS) is 21.4. The van der Waals surface area contributed by atoms with E-state index in [1.54, 1.807) is 18.6 Å². The first-order valence-corrected chi connectivity index (χ1v) is 2.94. The monoisotopic (exact) mass is 135 g/mol. The van der Waals surface area contributed by atoms with Crippen molar-refractivity contribution < 1.29 is 4.79 Å². The Hall–Kier alpha value is -1.45. The Bertz CT molecular complexity index is 264. The topological polar surface area (TPSA) is 45.0 Å². The number of rotatable bonds is 0. The number of carbonyl (C=O) groups excluding carboxylic acids is 1. The second-order valence-corrected chi connectivity index (χ2v) is 2.01. The Labute approximate surface area is 57.6 Å². The molecular formula is C6H5N3O. The van der Waals surface area contributed by atoms with Crippen LogP contribution in [0.4, 0.5) is 0 Å². The van der Waals surface area contributed by atoms with Gasteiger partial charge in [-0.15, -0.1) is 0 Å². The van der Waals surface area contributed by atoms with Crippen LogP contribution in [0.5, 0.6) is 0 Å². The van der Waals surface area contributed by atoms with E-state index in [4.69, 9.17) is 0 Å². The maximum absolute atomic E-state index is 10.9. The van der Waals surface area contributed by atoms with Gasteiger partial charge < -0.3 is 0 Å². The highest BCUT2D eigenvalue weighted by molar-refractivity contribution is 6.35. The summed E-state index contributed by atoms with van der Waals surface area (Å²) in [7, 11) is 0. The number of nitrogens with zero attached hydrogens (tertiary/aromatic N) is 3. The molecule has 1 amide bonds. The predicted molar refractivity (Wildman–Crippen MR) is 36.8 cm³/mol. The van der Waals surface area contributed by atoms with E-state index in [1.165, 1.54) is 4.90 Å². The summed E-state index contributed by atoms with van der Waals surface area (Å²) in [5.74, 6) is 0.657. The standard InChI is InChI=1S/C6H5N3O/c10-6-4-8-5-3-7-1-2-9(5)6/h1-3H,4H2. The van der Waals surface area contributed by atoms with Crippen LogP contribution in [-0.4, -0.2) is 29.4 Å². The molecule has 2 heterocycles. The third kappa shape index (κ3) is 0.586. The fourth-order valence-corrected chi connectivity index (χ4v) is 0.906. The number of carbonyl (C=O) groups is 1. The molecule has 0 unspecified atom stereocenters. The van der Waals surface area contributed by atoms with Crippen molar-refractivity contribution in [2.45, 2.75) is 0 Å². The van der Waals surface area contributed by atoms with Crippen LogP contribution in [0, 0.1) is 0 Å². The first-order valence-electron chi connectivity index (χ1n) is 2.94. The van der Waals surface area contributed by atoms with Crippen molar-refractivity contribution in [2.24, 2.45) is 9.98 Å². The molecule has 0 aromatic heterocycles. The molecule has 0 atom stereocenters. The summed E-state index contributed by atoms with van der Waals surface area (Å²) in [6.07, 6.45) is 4.77. The lowest BCUT2D eigenvalue weighted by Gasteiger charge is -2.10. The molecule has 0 N–H and O–H groups in total. The van der Waals surface area contributed by atoms with Crippen LogP contribution in [-0.2, 0) is 4.79 Å². The molecule has 2 aliphatic rings. The van der Waals surface area contributed by atoms with Crippen LogP contribution < -0.4 is 0 Å². The van der Waals surface area contributed by atoms with Gasteiger partial charge in [0.15, 0.2) is 5.84 Å². The van der Waals surface area contributed by atoms with E-state index in [2.05, 4.69) is 9.98 Å². The molecular weight excluding hydrogens is 130 g/mol. The Balaban J connectivity index is 2.39. The number of amidine groups is 1.